The predicted octanol–water partition coefficient (Wildman–Crippen LogP) is 1.04. The van der Waals surface area contributed by atoms with Crippen molar-refractivity contribution in [2.45, 2.75) is 24.8 Å². The van der Waals surface area contributed by atoms with Crippen molar-refractivity contribution in [2.24, 2.45) is 5.92 Å². The standard InChI is InChI=1S/C17H16N2O4/c1-3-17(15(21)18-16(22)19-17)7-6-11-8-10-4-5-12(23-2)9-13(10)14(11)20/h1,4-5,9,11H,6-8H2,2H3,(H2,18,19,21,22). The van der Waals surface area contributed by atoms with E-state index in [0.717, 1.165) is 5.56 Å². The summed E-state index contributed by atoms with van der Waals surface area (Å²) in [5, 5.41) is 4.62. The number of imide groups is 1. The molecular weight excluding hydrogens is 296 g/mol. The molecule has 2 unspecified atom stereocenters. The highest BCUT2D eigenvalue weighted by molar-refractivity contribution is 6.09. The van der Waals surface area contributed by atoms with Gasteiger partial charge in [-0.25, -0.2) is 4.79 Å². The third-order valence-electron chi connectivity index (χ3n) is 4.48. The van der Waals surface area contributed by atoms with Crippen LogP contribution >= 0.6 is 0 Å². The SMILES string of the molecule is C#CC1(CCC2Cc3ccc(OC)cc3C2=O)NC(=O)NC1=O. The van der Waals surface area contributed by atoms with Crippen LogP contribution in [0.4, 0.5) is 4.79 Å². The van der Waals surface area contributed by atoms with Crippen LogP contribution in [0.1, 0.15) is 28.8 Å². The summed E-state index contributed by atoms with van der Waals surface area (Å²) in [6, 6.07) is 4.84. The monoisotopic (exact) mass is 312 g/mol. The Morgan fingerprint density at radius 3 is 2.78 bits per heavy atom. The number of ketones is 1. The molecule has 0 aromatic heterocycles. The van der Waals surface area contributed by atoms with Gasteiger partial charge in [0.15, 0.2) is 11.3 Å². The number of terminal acetylenes is 1. The summed E-state index contributed by atoms with van der Waals surface area (Å²) in [5.74, 6) is 2.25. The number of methoxy groups -OCH3 is 1. The van der Waals surface area contributed by atoms with Gasteiger partial charge in [0.2, 0.25) is 0 Å². The van der Waals surface area contributed by atoms with E-state index < -0.39 is 17.5 Å². The minimum Gasteiger partial charge on any atom is -0.497 e. The van der Waals surface area contributed by atoms with Crippen molar-refractivity contribution >= 4 is 17.7 Å². The van der Waals surface area contributed by atoms with Crippen LogP contribution in [0.25, 0.3) is 0 Å². The van der Waals surface area contributed by atoms with E-state index in [-0.39, 0.29) is 18.1 Å². The van der Waals surface area contributed by atoms with Crippen LogP contribution in [-0.2, 0) is 11.2 Å². The molecule has 1 heterocycles. The first kappa shape index (κ1) is 15.1. The van der Waals surface area contributed by atoms with Crippen LogP contribution in [0.15, 0.2) is 18.2 Å². The van der Waals surface area contributed by atoms with E-state index in [2.05, 4.69) is 16.6 Å². The molecule has 1 aliphatic heterocycles. The molecule has 1 aromatic rings. The summed E-state index contributed by atoms with van der Waals surface area (Å²) >= 11 is 0. The quantitative estimate of drug-likeness (QED) is 0.643. The summed E-state index contributed by atoms with van der Waals surface area (Å²) in [6.45, 7) is 0. The smallest absolute Gasteiger partial charge is 0.323 e. The minimum absolute atomic E-state index is 0.0239. The molecule has 1 aliphatic carbocycles. The number of carbonyl (C=O) groups is 3. The number of hydrogen-bond acceptors (Lipinski definition) is 4. The van der Waals surface area contributed by atoms with E-state index in [4.69, 9.17) is 11.2 Å². The highest BCUT2D eigenvalue weighted by atomic mass is 16.5. The van der Waals surface area contributed by atoms with E-state index >= 15 is 0 Å². The molecule has 1 aromatic carbocycles. The van der Waals surface area contributed by atoms with Crippen molar-refractivity contribution in [3.8, 4) is 18.1 Å². The maximum Gasteiger partial charge on any atom is 0.323 e. The predicted molar refractivity (Wildman–Crippen MR) is 82.0 cm³/mol. The average Bonchev–Trinajstić information content (AvgIpc) is 3.02. The molecule has 6 heteroatoms. The number of nitrogens with one attached hydrogen (secondary N) is 2. The number of hydrogen-bond donors (Lipinski definition) is 2. The topological polar surface area (TPSA) is 84.5 Å². The molecule has 23 heavy (non-hydrogen) atoms. The number of Topliss-reactive ketones (excluding diaryl/α,β-unsaturated/α-hetero) is 1. The van der Waals surface area contributed by atoms with Gasteiger partial charge in [-0.05, 0) is 37.0 Å². The fourth-order valence-electron chi connectivity index (χ4n) is 3.13. The second-order valence-electron chi connectivity index (χ2n) is 5.78. The van der Waals surface area contributed by atoms with Gasteiger partial charge in [0.05, 0.1) is 7.11 Å². The molecule has 0 radical (unpaired) electrons. The third-order valence-corrected chi connectivity index (χ3v) is 4.48. The Labute approximate surface area is 133 Å². The number of urea groups is 1. The van der Waals surface area contributed by atoms with Crippen molar-refractivity contribution < 1.29 is 19.1 Å². The summed E-state index contributed by atoms with van der Waals surface area (Å²) in [7, 11) is 1.55. The van der Waals surface area contributed by atoms with Crippen LogP contribution in [-0.4, -0.2) is 30.4 Å². The summed E-state index contributed by atoms with van der Waals surface area (Å²) in [5.41, 5.74) is 0.267. The van der Waals surface area contributed by atoms with Crippen LogP contribution < -0.4 is 15.4 Å². The van der Waals surface area contributed by atoms with Gasteiger partial charge in [-0.3, -0.25) is 14.9 Å². The lowest BCUT2D eigenvalue weighted by Gasteiger charge is -2.20. The number of amides is 3. The van der Waals surface area contributed by atoms with Crippen LogP contribution in [0.2, 0.25) is 0 Å². The maximum atomic E-state index is 12.5. The van der Waals surface area contributed by atoms with Gasteiger partial charge in [-0.15, -0.1) is 6.42 Å². The Morgan fingerprint density at radius 1 is 1.39 bits per heavy atom. The van der Waals surface area contributed by atoms with Gasteiger partial charge in [-0.1, -0.05) is 12.0 Å². The van der Waals surface area contributed by atoms with Crippen molar-refractivity contribution in [2.75, 3.05) is 7.11 Å². The Morgan fingerprint density at radius 2 is 2.17 bits per heavy atom. The summed E-state index contributed by atoms with van der Waals surface area (Å²) in [4.78, 5) is 35.7. The molecule has 1 saturated heterocycles. The van der Waals surface area contributed by atoms with E-state index in [1.54, 1.807) is 13.2 Å². The molecule has 2 N–H and O–H groups in total. The second kappa shape index (κ2) is 5.43. The molecule has 118 valence electrons. The van der Waals surface area contributed by atoms with Crippen LogP contribution in [0.3, 0.4) is 0 Å². The normalized spacial score (nSPS) is 25.6. The molecule has 0 spiro atoms. The zero-order valence-corrected chi connectivity index (χ0v) is 12.6. The molecule has 2 aliphatic rings. The van der Waals surface area contributed by atoms with Gasteiger partial charge < -0.3 is 10.1 Å². The number of rotatable bonds is 4. The van der Waals surface area contributed by atoms with E-state index in [0.29, 0.717) is 24.2 Å². The fraction of sp³-hybridized carbons (Fsp3) is 0.353. The molecular formula is C17H16N2O4. The lowest BCUT2D eigenvalue weighted by atomic mass is 9.88. The van der Waals surface area contributed by atoms with Crippen molar-refractivity contribution in [1.29, 1.82) is 0 Å². The zero-order valence-electron chi connectivity index (χ0n) is 12.6. The Hall–Kier alpha value is -2.81. The Balaban J connectivity index is 1.73. The van der Waals surface area contributed by atoms with Gasteiger partial charge >= 0.3 is 6.03 Å². The molecule has 0 saturated carbocycles. The molecule has 6 nitrogen and oxygen atoms in total. The first-order chi connectivity index (χ1) is 11.0. The van der Waals surface area contributed by atoms with E-state index in [1.807, 2.05) is 12.1 Å². The van der Waals surface area contributed by atoms with E-state index in [9.17, 15) is 14.4 Å². The molecule has 3 rings (SSSR count). The highest BCUT2D eigenvalue weighted by Gasteiger charge is 2.45. The van der Waals surface area contributed by atoms with Gasteiger partial charge in [0.25, 0.3) is 5.91 Å². The second-order valence-corrected chi connectivity index (χ2v) is 5.78. The number of benzene rings is 1. The lowest BCUT2D eigenvalue weighted by Crippen LogP contribution is -2.45. The zero-order chi connectivity index (χ0) is 16.6. The van der Waals surface area contributed by atoms with Crippen molar-refractivity contribution in [1.82, 2.24) is 10.6 Å². The fourth-order valence-corrected chi connectivity index (χ4v) is 3.13. The van der Waals surface area contributed by atoms with Crippen molar-refractivity contribution in [3.05, 3.63) is 29.3 Å². The van der Waals surface area contributed by atoms with Gasteiger partial charge in [0.1, 0.15) is 5.75 Å². The number of carbonyl (C=O) groups excluding carboxylic acids is 3. The lowest BCUT2D eigenvalue weighted by molar-refractivity contribution is -0.122. The van der Waals surface area contributed by atoms with Crippen molar-refractivity contribution in [3.63, 3.8) is 0 Å². The maximum absolute atomic E-state index is 12.5. The van der Waals surface area contributed by atoms with Gasteiger partial charge in [-0.2, -0.15) is 0 Å². The van der Waals surface area contributed by atoms with E-state index in [1.165, 1.54) is 0 Å². The summed E-state index contributed by atoms with van der Waals surface area (Å²) < 4.78 is 5.14. The number of fused-ring (bicyclic) bond motifs is 1. The summed E-state index contributed by atoms with van der Waals surface area (Å²) in [6.07, 6.45) is 6.69. The van der Waals surface area contributed by atoms with Gasteiger partial charge in [0, 0.05) is 11.5 Å². The Kier molecular flexibility index (Phi) is 3.57. The first-order valence-corrected chi connectivity index (χ1v) is 7.31. The molecule has 1 fully saturated rings. The first-order valence-electron chi connectivity index (χ1n) is 7.31. The molecule has 3 amide bonds. The highest BCUT2D eigenvalue weighted by Crippen LogP contribution is 2.33. The largest absolute Gasteiger partial charge is 0.497 e. The molecule has 0 bridgehead atoms. The third kappa shape index (κ3) is 2.44. The minimum atomic E-state index is -1.36. The Bertz CT molecular complexity index is 749. The van der Waals surface area contributed by atoms with Crippen LogP contribution in [0, 0.1) is 18.3 Å². The van der Waals surface area contributed by atoms with Crippen LogP contribution in [0.5, 0.6) is 5.75 Å². The average molecular weight is 312 g/mol. The molecule has 2 atom stereocenters. The number of ether oxygens (including phenoxy) is 1.